The minimum atomic E-state index is -0.467. The van der Waals surface area contributed by atoms with Crippen LogP contribution in [0.5, 0.6) is 0 Å². The van der Waals surface area contributed by atoms with E-state index in [-0.39, 0.29) is 5.91 Å². The van der Waals surface area contributed by atoms with E-state index in [1.807, 2.05) is 42.5 Å². The molecule has 0 bridgehead atoms. The number of hydrazone groups is 1. The number of benzene rings is 3. The maximum atomic E-state index is 13.4. The van der Waals surface area contributed by atoms with E-state index in [2.05, 4.69) is 41.9 Å². The number of carbonyl (C=O) groups excluding carboxylic acids is 2. The van der Waals surface area contributed by atoms with Gasteiger partial charge in [0.05, 0.1) is 29.1 Å². The van der Waals surface area contributed by atoms with Crippen LogP contribution in [0.4, 0.5) is 5.13 Å². The van der Waals surface area contributed by atoms with Gasteiger partial charge in [0.25, 0.3) is 5.91 Å². The Morgan fingerprint density at radius 1 is 0.969 bits per heavy atom. The molecule has 0 saturated heterocycles. The molecule has 1 heterocycles. The van der Waals surface area contributed by atoms with Crippen LogP contribution in [-0.4, -0.2) is 30.2 Å². The highest BCUT2D eigenvalue weighted by molar-refractivity contribution is 9.10. The first kappa shape index (κ1) is 22.3. The van der Waals surface area contributed by atoms with Crippen molar-refractivity contribution in [2.24, 2.45) is 5.10 Å². The second kappa shape index (κ2) is 9.72. The zero-order valence-corrected chi connectivity index (χ0v) is 20.6. The van der Waals surface area contributed by atoms with Gasteiger partial charge in [0.15, 0.2) is 0 Å². The number of ether oxygens (including phenoxy) is 1. The lowest BCUT2D eigenvalue weighted by molar-refractivity contribution is 0.0600. The van der Waals surface area contributed by atoms with Gasteiger partial charge in [-0.1, -0.05) is 55.3 Å². The normalized spacial score (nSPS) is 11.1. The second-order valence-electron chi connectivity index (χ2n) is 6.59. The van der Waals surface area contributed by atoms with Crippen molar-refractivity contribution >= 4 is 76.6 Å². The maximum absolute atomic E-state index is 13.4. The SMILES string of the molecule is COC(=O)c1ccc(C(=O)N(/N=C/c2ccc(Br)cc2)c2nc3ccc(Br)cc3s2)cc1. The van der Waals surface area contributed by atoms with Crippen molar-refractivity contribution in [3.05, 3.63) is 92.4 Å². The second-order valence-corrected chi connectivity index (χ2v) is 9.43. The van der Waals surface area contributed by atoms with Gasteiger partial charge in [-0.2, -0.15) is 10.1 Å². The fourth-order valence-electron chi connectivity index (χ4n) is 2.83. The molecule has 1 aromatic heterocycles. The molecule has 0 unspecified atom stereocenters. The summed E-state index contributed by atoms with van der Waals surface area (Å²) in [5, 5.41) is 6.16. The average molecular weight is 573 g/mol. The number of hydrogen-bond acceptors (Lipinski definition) is 6. The van der Waals surface area contributed by atoms with Gasteiger partial charge < -0.3 is 4.74 Å². The van der Waals surface area contributed by atoms with E-state index in [0.717, 1.165) is 24.7 Å². The van der Waals surface area contributed by atoms with Crippen LogP contribution in [0.15, 0.2) is 80.8 Å². The Morgan fingerprint density at radius 2 is 1.62 bits per heavy atom. The lowest BCUT2D eigenvalue weighted by atomic mass is 10.1. The molecule has 0 fully saturated rings. The summed E-state index contributed by atoms with van der Waals surface area (Å²) in [6.07, 6.45) is 1.61. The molecular formula is C23H15Br2N3O3S. The van der Waals surface area contributed by atoms with Crippen molar-refractivity contribution in [2.45, 2.75) is 0 Å². The zero-order valence-electron chi connectivity index (χ0n) is 16.7. The molecule has 1 amide bonds. The highest BCUT2D eigenvalue weighted by Gasteiger charge is 2.21. The number of halogens is 2. The minimum absolute atomic E-state index is 0.360. The van der Waals surface area contributed by atoms with Crippen LogP contribution < -0.4 is 5.01 Å². The third-order valence-electron chi connectivity index (χ3n) is 4.46. The summed E-state index contributed by atoms with van der Waals surface area (Å²) in [7, 11) is 1.31. The number of thiazole rings is 1. The number of esters is 1. The lowest BCUT2D eigenvalue weighted by Crippen LogP contribution is -2.25. The third kappa shape index (κ3) is 4.95. The number of rotatable bonds is 5. The molecule has 6 nitrogen and oxygen atoms in total. The van der Waals surface area contributed by atoms with E-state index >= 15 is 0 Å². The fraction of sp³-hybridized carbons (Fsp3) is 0.0435. The van der Waals surface area contributed by atoms with E-state index in [1.54, 1.807) is 30.5 Å². The Morgan fingerprint density at radius 3 is 2.31 bits per heavy atom. The summed E-state index contributed by atoms with van der Waals surface area (Å²) in [6, 6.07) is 19.5. The Hall–Kier alpha value is -2.88. The molecule has 0 aliphatic heterocycles. The molecule has 4 aromatic rings. The fourth-order valence-corrected chi connectivity index (χ4v) is 4.57. The van der Waals surface area contributed by atoms with Gasteiger partial charge in [-0.15, -0.1) is 0 Å². The summed E-state index contributed by atoms with van der Waals surface area (Å²) >= 11 is 8.23. The quantitative estimate of drug-likeness (QED) is 0.160. The van der Waals surface area contributed by atoms with E-state index in [0.29, 0.717) is 16.3 Å². The van der Waals surface area contributed by atoms with E-state index in [9.17, 15) is 9.59 Å². The van der Waals surface area contributed by atoms with Gasteiger partial charge in [0, 0.05) is 14.5 Å². The Balaban J connectivity index is 1.72. The zero-order chi connectivity index (χ0) is 22.7. The average Bonchev–Trinajstić information content (AvgIpc) is 3.22. The molecule has 0 radical (unpaired) electrons. The predicted molar refractivity (Wildman–Crippen MR) is 134 cm³/mol. The van der Waals surface area contributed by atoms with Gasteiger partial charge in [0.1, 0.15) is 0 Å². The third-order valence-corrected chi connectivity index (χ3v) is 6.47. The molecule has 160 valence electrons. The van der Waals surface area contributed by atoms with Crippen LogP contribution in [0.25, 0.3) is 10.2 Å². The number of anilines is 1. The summed E-state index contributed by atoms with van der Waals surface area (Å²) < 4.78 is 7.52. The summed E-state index contributed by atoms with van der Waals surface area (Å²) in [5.74, 6) is -0.834. The molecule has 0 aliphatic carbocycles. The van der Waals surface area contributed by atoms with Gasteiger partial charge >= 0.3 is 5.97 Å². The number of nitrogens with zero attached hydrogens (tertiary/aromatic N) is 3. The van der Waals surface area contributed by atoms with Crippen molar-refractivity contribution in [1.82, 2.24) is 4.98 Å². The van der Waals surface area contributed by atoms with Crippen molar-refractivity contribution in [1.29, 1.82) is 0 Å². The van der Waals surface area contributed by atoms with E-state index in [4.69, 9.17) is 4.74 Å². The predicted octanol–water partition coefficient (Wildman–Crippen LogP) is 6.29. The highest BCUT2D eigenvalue weighted by atomic mass is 79.9. The first-order valence-corrected chi connectivity index (χ1v) is 11.7. The summed E-state index contributed by atoms with van der Waals surface area (Å²) in [5.41, 5.74) is 2.33. The van der Waals surface area contributed by atoms with Gasteiger partial charge in [-0.25, -0.2) is 9.78 Å². The van der Waals surface area contributed by atoms with Crippen LogP contribution in [0.3, 0.4) is 0 Å². The highest BCUT2D eigenvalue weighted by Crippen LogP contribution is 2.32. The smallest absolute Gasteiger partial charge is 0.337 e. The largest absolute Gasteiger partial charge is 0.465 e. The molecule has 3 aromatic carbocycles. The molecule has 32 heavy (non-hydrogen) atoms. The van der Waals surface area contributed by atoms with Gasteiger partial charge in [-0.05, 0) is 60.2 Å². The Kier molecular flexibility index (Phi) is 6.78. The van der Waals surface area contributed by atoms with Crippen LogP contribution in [0, 0.1) is 0 Å². The van der Waals surface area contributed by atoms with Crippen LogP contribution in [-0.2, 0) is 4.74 Å². The minimum Gasteiger partial charge on any atom is -0.465 e. The van der Waals surface area contributed by atoms with Crippen molar-refractivity contribution in [3.63, 3.8) is 0 Å². The van der Waals surface area contributed by atoms with E-state index < -0.39 is 5.97 Å². The van der Waals surface area contributed by atoms with Crippen molar-refractivity contribution in [2.75, 3.05) is 12.1 Å². The number of methoxy groups -OCH3 is 1. The maximum Gasteiger partial charge on any atom is 0.337 e. The molecule has 0 spiro atoms. The molecule has 0 N–H and O–H groups in total. The monoisotopic (exact) mass is 571 g/mol. The molecule has 0 atom stereocenters. The molecular weight excluding hydrogens is 558 g/mol. The topological polar surface area (TPSA) is 71.9 Å². The van der Waals surface area contributed by atoms with Gasteiger partial charge in [0.2, 0.25) is 5.13 Å². The number of amides is 1. The number of aromatic nitrogens is 1. The molecule has 9 heteroatoms. The van der Waals surface area contributed by atoms with Crippen molar-refractivity contribution < 1.29 is 14.3 Å². The summed E-state index contributed by atoms with van der Waals surface area (Å²) in [4.78, 5) is 29.7. The molecule has 4 rings (SSSR count). The lowest BCUT2D eigenvalue weighted by Gasteiger charge is -2.14. The number of fused-ring (bicyclic) bond motifs is 1. The van der Waals surface area contributed by atoms with Crippen LogP contribution in [0.1, 0.15) is 26.3 Å². The van der Waals surface area contributed by atoms with E-state index in [1.165, 1.54) is 23.5 Å². The number of carbonyl (C=O) groups is 2. The first-order chi connectivity index (χ1) is 15.4. The van der Waals surface area contributed by atoms with Gasteiger partial charge in [-0.3, -0.25) is 4.79 Å². The molecule has 0 aliphatic rings. The number of hydrogen-bond donors (Lipinski definition) is 0. The Labute approximate surface area is 204 Å². The molecule has 0 saturated carbocycles. The van der Waals surface area contributed by atoms with Crippen molar-refractivity contribution in [3.8, 4) is 0 Å². The Bertz CT molecular complexity index is 1320. The standard InChI is InChI=1S/C23H15Br2N3O3S/c1-31-22(30)16-6-4-15(5-7-16)21(29)28(26-13-14-2-8-17(24)9-3-14)23-27-19-11-10-18(25)12-20(19)32-23/h2-13H,1H3/b26-13+. The van der Waals surface area contributed by atoms with Crippen LogP contribution >= 0.6 is 43.2 Å². The first-order valence-electron chi connectivity index (χ1n) is 9.33. The summed E-state index contributed by atoms with van der Waals surface area (Å²) in [6.45, 7) is 0. The van der Waals surface area contributed by atoms with Crippen LogP contribution in [0.2, 0.25) is 0 Å².